The van der Waals surface area contributed by atoms with Crippen molar-refractivity contribution in [2.45, 2.75) is 64.0 Å². The van der Waals surface area contributed by atoms with E-state index in [9.17, 15) is 13.2 Å². The maximum absolute atomic E-state index is 12.4. The molecule has 0 bridgehead atoms. The van der Waals surface area contributed by atoms with E-state index in [2.05, 4.69) is 5.32 Å². The molecular weight excluding hydrogens is 303 g/mol. The summed E-state index contributed by atoms with van der Waals surface area (Å²) in [4.78, 5) is 0. The van der Waals surface area contributed by atoms with Crippen molar-refractivity contribution in [1.29, 1.82) is 0 Å². The number of halogens is 3. The smallest absolute Gasteiger partial charge is 0.396 e. The van der Waals surface area contributed by atoms with E-state index in [0.717, 1.165) is 50.0 Å². The highest BCUT2D eigenvalue weighted by atomic mass is 19.4. The molecule has 0 spiro atoms. The largest absolute Gasteiger partial charge is 0.416 e. The van der Waals surface area contributed by atoms with Gasteiger partial charge in [0.2, 0.25) is 0 Å². The zero-order valence-corrected chi connectivity index (χ0v) is 13.7. The Morgan fingerprint density at radius 3 is 1.70 bits per heavy atom. The van der Waals surface area contributed by atoms with Crippen LogP contribution in [0, 0.1) is 0 Å². The first-order chi connectivity index (χ1) is 11.0. The number of benzene rings is 1. The topological polar surface area (TPSA) is 32.3 Å². The number of rotatable bonds is 12. The van der Waals surface area contributed by atoms with Crippen molar-refractivity contribution in [1.82, 2.24) is 0 Å². The summed E-state index contributed by atoms with van der Waals surface area (Å²) in [5.41, 5.74) is 0.129. The number of unbranched alkanes of at least 4 members (excludes halogenated alkanes) is 8. The van der Waals surface area contributed by atoms with E-state index >= 15 is 0 Å². The molecule has 0 aliphatic carbocycles. The average Bonchev–Trinajstić information content (AvgIpc) is 2.52. The lowest BCUT2D eigenvalue weighted by Crippen LogP contribution is -2.05. The Balaban J connectivity index is 1.99. The van der Waals surface area contributed by atoms with Crippen LogP contribution in [0.25, 0.3) is 0 Å². The van der Waals surface area contributed by atoms with Crippen LogP contribution in [0.15, 0.2) is 24.3 Å². The van der Waals surface area contributed by atoms with Gasteiger partial charge >= 0.3 is 6.18 Å². The van der Waals surface area contributed by atoms with Gasteiger partial charge < -0.3 is 10.4 Å². The van der Waals surface area contributed by atoms with Crippen LogP contribution in [0.2, 0.25) is 0 Å². The van der Waals surface area contributed by atoms with E-state index in [0.29, 0.717) is 6.61 Å². The molecule has 0 saturated heterocycles. The molecule has 0 fully saturated rings. The molecule has 0 amide bonds. The molecule has 5 heteroatoms. The lowest BCUT2D eigenvalue weighted by Gasteiger charge is -2.09. The van der Waals surface area contributed by atoms with Gasteiger partial charge in [-0.25, -0.2) is 0 Å². The van der Waals surface area contributed by atoms with E-state index in [-0.39, 0.29) is 0 Å². The third kappa shape index (κ3) is 9.49. The number of alkyl halides is 3. The second kappa shape index (κ2) is 11.3. The van der Waals surface area contributed by atoms with Crippen molar-refractivity contribution < 1.29 is 18.3 Å². The van der Waals surface area contributed by atoms with Crippen LogP contribution in [0.3, 0.4) is 0 Å². The first-order valence-electron chi connectivity index (χ1n) is 8.56. The molecule has 1 aromatic rings. The average molecular weight is 331 g/mol. The predicted molar refractivity (Wildman–Crippen MR) is 88.6 cm³/mol. The Morgan fingerprint density at radius 2 is 1.22 bits per heavy atom. The summed E-state index contributed by atoms with van der Waals surface area (Å²) >= 11 is 0. The van der Waals surface area contributed by atoms with Crippen molar-refractivity contribution in [3.8, 4) is 0 Å². The second-order valence-electron chi connectivity index (χ2n) is 5.91. The Kier molecular flexibility index (Phi) is 9.76. The minimum absolute atomic E-state index is 0.298. The Hall–Kier alpha value is -1.23. The second-order valence-corrected chi connectivity index (χ2v) is 5.91. The van der Waals surface area contributed by atoms with Gasteiger partial charge in [-0.2, -0.15) is 13.2 Å². The highest BCUT2D eigenvalue weighted by Gasteiger charge is 2.29. The van der Waals surface area contributed by atoms with E-state index in [1.54, 1.807) is 0 Å². The molecule has 1 aromatic carbocycles. The van der Waals surface area contributed by atoms with Crippen LogP contribution in [0.4, 0.5) is 18.9 Å². The van der Waals surface area contributed by atoms with Gasteiger partial charge in [0.25, 0.3) is 0 Å². The van der Waals surface area contributed by atoms with E-state index in [1.807, 2.05) is 0 Å². The monoisotopic (exact) mass is 331 g/mol. The number of hydrogen-bond donors (Lipinski definition) is 2. The van der Waals surface area contributed by atoms with Crippen LogP contribution in [-0.4, -0.2) is 18.3 Å². The third-order valence-corrected chi connectivity index (χ3v) is 3.88. The molecule has 0 unspecified atom stereocenters. The Bertz CT molecular complexity index is 404. The summed E-state index contributed by atoms with van der Waals surface area (Å²) in [6, 6.07) is 5.18. The lowest BCUT2D eigenvalue weighted by atomic mass is 10.1. The standard InChI is InChI=1S/C18H28F3NO/c19-18(20,21)16-10-12-17(13-11-16)22-14-8-6-4-2-1-3-5-7-9-15-23/h10-13,22-23H,1-9,14-15H2. The zero-order chi connectivity index (χ0) is 17.0. The molecule has 2 N–H and O–H groups in total. The van der Waals surface area contributed by atoms with Gasteiger partial charge in [0.05, 0.1) is 5.56 Å². The lowest BCUT2D eigenvalue weighted by molar-refractivity contribution is -0.137. The molecule has 0 heterocycles. The summed E-state index contributed by atoms with van der Waals surface area (Å²) < 4.78 is 37.3. The van der Waals surface area contributed by atoms with Crippen molar-refractivity contribution >= 4 is 5.69 Å². The minimum atomic E-state index is -4.27. The normalized spacial score (nSPS) is 11.7. The molecular formula is C18H28F3NO. The van der Waals surface area contributed by atoms with Crippen LogP contribution in [0.5, 0.6) is 0 Å². The summed E-state index contributed by atoms with van der Waals surface area (Å²) in [6.45, 7) is 1.09. The Labute approximate surface area is 137 Å². The molecule has 0 aromatic heterocycles. The van der Waals surface area contributed by atoms with Crippen LogP contribution in [-0.2, 0) is 6.18 Å². The summed E-state index contributed by atoms with van der Waals surface area (Å²) in [5.74, 6) is 0. The zero-order valence-electron chi connectivity index (χ0n) is 13.7. The van der Waals surface area contributed by atoms with E-state index < -0.39 is 11.7 Å². The van der Waals surface area contributed by atoms with Crippen molar-refractivity contribution in [2.75, 3.05) is 18.5 Å². The molecule has 2 nitrogen and oxygen atoms in total. The number of aliphatic hydroxyl groups excluding tert-OH is 1. The van der Waals surface area contributed by atoms with Crippen molar-refractivity contribution in [3.63, 3.8) is 0 Å². The summed E-state index contributed by atoms with van der Waals surface area (Å²) in [5, 5.41) is 11.8. The molecule has 23 heavy (non-hydrogen) atoms. The third-order valence-electron chi connectivity index (χ3n) is 3.88. The number of anilines is 1. The predicted octanol–water partition coefficient (Wildman–Crippen LogP) is 5.62. The number of nitrogens with one attached hydrogen (secondary N) is 1. The van der Waals surface area contributed by atoms with Crippen LogP contribution >= 0.6 is 0 Å². The SMILES string of the molecule is OCCCCCCCCCCCNc1ccc(C(F)(F)F)cc1. The van der Waals surface area contributed by atoms with Gasteiger partial charge in [0.1, 0.15) is 0 Å². The van der Waals surface area contributed by atoms with Crippen molar-refractivity contribution in [3.05, 3.63) is 29.8 Å². The highest BCUT2D eigenvalue weighted by Crippen LogP contribution is 2.29. The summed E-state index contributed by atoms with van der Waals surface area (Å²) in [6.07, 6.45) is 6.07. The first kappa shape index (κ1) is 19.8. The maximum atomic E-state index is 12.4. The Morgan fingerprint density at radius 1 is 0.739 bits per heavy atom. The van der Waals surface area contributed by atoms with Gasteiger partial charge in [-0.1, -0.05) is 44.9 Å². The molecule has 0 saturated carbocycles. The maximum Gasteiger partial charge on any atom is 0.416 e. The molecule has 0 aliphatic heterocycles. The van der Waals surface area contributed by atoms with Gasteiger partial charge in [0, 0.05) is 18.8 Å². The fourth-order valence-electron chi connectivity index (χ4n) is 2.48. The van der Waals surface area contributed by atoms with Gasteiger partial charge in [-0.15, -0.1) is 0 Å². The molecule has 0 atom stereocenters. The molecule has 132 valence electrons. The van der Waals surface area contributed by atoms with Crippen molar-refractivity contribution in [2.24, 2.45) is 0 Å². The first-order valence-corrected chi connectivity index (χ1v) is 8.56. The van der Waals surface area contributed by atoms with Gasteiger partial charge in [0.15, 0.2) is 0 Å². The molecule has 0 aliphatic rings. The quantitative estimate of drug-likeness (QED) is 0.487. The molecule has 1 rings (SSSR count). The van der Waals surface area contributed by atoms with Gasteiger partial charge in [-0.3, -0.25) is 0 Å². The fraction of sp³-hybridized carbons (Fsp3) is 0.667. The number of aliphatic hydroxyl groups is 1. The number of hydrogen-bond acceptors (Lipinski definition) is 2. The minimum Gasteiger partial charge on any atom is -0.396 e. The van der Waals surface area contributed by atoms with E-state index in [1.165, 1.54) is 44.2 Å². The van der Waals surface area contributed by atoms with E-state index in [4.69, 9.17) is 5.11 Å². The fourth-order valence-corrected chi connectivity index (χ4v) is 2.48. The van der Waals surface area contributed by atoms with Gasteiger partial charge in [-0.05, 0) is 37.1 Å². The van der Waals surface area contributed by atoms with Crippen LogP contribution in [0.1, 0.15) is 63.4 Å². The summed E-state index contributed by atoms with van der Waals surface area (Å²) in [7, 11) is 0. The molecule has 0 radical (unpaired) electrons. The van der Waals surface area contributed by atoms with Crippen LogP contribution < -0.4 is 5.32 Å². The highest BCUT2D eigenvalue weighted by molar-refractivity contribution is 5.44.